The lowest BCUT2D eigenvalue weighted by molar-refractivity contribution is -0.148. The van der Waals surface area contributed by atoms with Gasteiger partial charge in [0.15, 0.2) is 6.04 Å². The maximum Gasteiger partial charge on any atom is 0.411 e. The molecule has 9 nitrogen and oxygen atoms in total. The van der Waals surface area contributed by atoms with Crippen molar-refractivity contribution < 1.29 is 34.1 Å². The van der Waals surface area contributed by atoms with Gasteiger partial charge in [-0.25, -0.2) is 9.59 Å². The second-order valence-corrected chi connectivity index (χ2v) is 6.66. The third-order valence-corrected chi connectivity index (χ3v) is 3.76. The lowest BCUT2D eigenvalue weighted by atomic mass is 9.95. The second-order valence-electron chi connectivity index (χ2n) is 6.66. The van der Waals surface area contributed by atoms with Crippen molar-refractivity contribution in [1.82, 2.24) is 10.2 Å². The lowest BCUT2D eigenvalue weighted by Crippen LogP contribution is -2.62. The molecule has 1 heterocycles. The van der Waals surface area contributed by atoms with Crippen LogP contribution in [0.1, 0.15) is 33.6 Å². The Labute approximate surface area is 140 Å². The van der Waals surface area contributed by atoms with Crippen molar-refractivity contribution in [2.45, 2.75) is 50.8 Å². The first kappa shape index (κ1) is 20.2. The van der Waals surface area contributed by atoms with E-state index in [4.69, 9.17) is 4.74 Å². The summed E-state index contributed by atoms with van der Waals surface area (Å²) < 4.78 is 9.78. The van der Waals surface area contributed by atoms with E-state index in [9.17, 15) is 24.6 Å². The number of ether oxygens (including phenoxy) is 2. The molecule has 1 aliphatic heterocycles. The van der Waals surface area contributed by atoms with Crippen molar-refractivity contribution in [2.75, 3.05) is 26.9 Å². The molecule has 24 heavy (non-hydrogen) atoms. The number of nitrogens with one attached hydrogen (secondary N) is 1. The summed E-state index contributed by atoms with van der Waals surface area (Å²) >= 11 is 0. The molecule has 1 saturated heterocycles. The van der Waals surface area contributed by atoms with Crippen LogP contribution in [0.15, 0.2) is 0 Å². The Morgan fingerprint density at radius 2 is 1.92 bits per heavy atom. The quantitative estimate of drug-likeness (QED) is 0.568. The Morgan fingerprint density at radius 1 is 1.29 bits per heavy atom. The van der Waals surface area contributed by atoms with Crippen LogP contribution in [0.2, 0.25) is 0 Å². The minimum atomic E-state index is -1.54. The molecule has 0 aliphatic carbocycles. The van der Waals surface area contributed by atoms with E-state index in [1.165, 1.54) is 4.90 Å². The number of carbonyl (C=O) groups excluding carboxylic acids is 3. The molecule has 0 spiro atoms. The molecule has 0 radical (unpaired) electrons. The highest BCUT2D eigenvalue weighted by Gasteiger charge is 2.51. The fraction of sp³-hybridized carbons (Fsp3) is 0.800. The number of methoxy groups -OCH3 is 1. The number of carbonyl (C=O) groups is 3. The number of likely N-dealkylation sites (tertiary alicyclic amines) is 1. The normalized spacial score (nSPS) is 22.0. The van der Waals surface area contributed by atoms with E-state index in [0.29, 0.717) is 6.42 Å². The Bertz CT molecular complexity index is 489. The fourth-order valence-electron chi connectivity index (χ4n) is 2.55. The standard InChI is InChI=1S/C15H26N2O7/c1-14(2,3)24-13(22)17-7-5-6-15(17,9-19)12(21)16-10(8-18)11(20)23-4/h10,18-19H,5-9H2,1-4H3,(H,16,21)/t10-,15?/m0/s1. The maximum absolute atomic E-state index is 12.6. The average molecular weight is 346 g/mol. The Hall–Kier alpha value is -1.87. The van der Waals surface area contributed by atoms with Crippen LogP contribution >= 0.6 is 0 Å². The van der Waals surface area contributed by atoms with Crippen molar-refractivity contribution in [1.29, 1.82) is 0 Å². The molecule has 138 valence electrons. The van der Waals surface area contributed by atoms with E-state index < -0.39 is 48.4 Å². The van der Waals surface area contributed by atoms with Gasteiger partial charge < -0.3 is 25.0 Å². The minimum Gasteiger partial charge on any atom is -0.467 e. The van der Waals surface area contributed by atoms with E-state index in [-0.39, 0.29) is 13.0 Å². The molecule has 0 bridgehead atoms. The van der Waals surface area contributed by atoms with Gasteiger partial charge in [0.25, 0.3) is 0 Å². The van der Waals surface area contributed by atoms with Crippen molar-refractivity contribution in [2.24, 2.45) is 0 Å². The third-order valence-electron chi connectivity index (χ3n) is 3.76. The second kappa shape index (κ2) is 7.80. The lowest BCUT2D eigenvalue weighted by Gasteiger charge is -2.37. The zero-order chi connectivity index (χ0) is 18.5. The van der Waals surface area contributed by atoms with Crippen molar-refractivity contribution in [3.05, 3.63) is 0 Å². The highest BCUT2D eigenvalue weighted by Crippen LogP contribution is 2.31. The molecule has 2 amide bonds. The Balaban J connectivity index is 2.99. The van der Waals surface area contributed by atoms with Crippen LogP contribution in [0.25, 0.3) is 0 Å². The van der Waals surface area contributed by atoms with Gasteiger partial charge >= 0.3 is 12.1 Å². The molecule has 0 aromatic carbocycles. The number of aliphatic hydroxyl groups excluding tert-OH is 2. The van der Waals surface area contributed by atoms with Gasteiger partial charge in [-0.3, -0.25) is 9.69 Å². The number of hydrogen-bond donors (Lipinski definition) is 3. The highest BCUT2D eigenvalue weighted by atomic mass is 16.6. The van der Waals surface area contributed by atoms with Gasteiger partial charge in [-0.2, -0.15) is 0 Å². The largest absolute Gasteiger partial charge is 0.467 e. The highest BCUT2D eigenvalue weighted by molar-refractivity contribution is 5.93. The summed E-state index contributed by atoms with van der Waals surface area (Å²) in [6.45, 7) is 4.04. The van der Waals surface area contributed by atoms with Crippen LogP contribution in [0.4, 0.5) is 4.79 Å². The van der Waals surface area contributed by atoms with E-state index >= 15 is 0 Å². The van der Waals surface area contributed by atoms with E-state index in [1.54, 1.807) is 20.8 Å². The van der Waals surface area contributed by atoms with Gasteiger partial charge in [-0.15, -0.1) is 0 Å². The van der Waals surface area contributed by atoms with Crippen LogP contribution in [0, 0.1) is 0 Å². The van der Waals surface area contributed by atoms with E-state index in [2.05, 4.69) is 10.1 Å². The first-order chi connectivity index (χ1) is 11.1. The first-order valence-corrected chi connectivity index (χ1v) is 7.72. The summed E-state index contributed by atoms with van der Waals surface area (Å²) in [5.74, 6) is -1.56. The number of nitrogens with zero attached hydrogens (tertiary/aromatic N) is 1. The topological polar surface area (TPSA) is 125 Å². The number of hydrogen-bond acceptors (Lipinski definition) is 7. The van der Waals surface area contributed by atoms with E-state index in [1.807, 2.05) is 0 Å². The monoisotopic (exact) mass is 346 g/mol. The molecule has 0 aromatic rings. The smallest absolute Gasteiger partial charge is 0.411 e. The Morgan fingerprint density at radius 3 is 2.38 bits per heavy atom. The zero-order valence-corrected chi connectivity index (χ0v) is 14.5. The zero-order valence-electron chi connectivity index (χ0n) is 14.5. The molecule has 3 N–H and O–H groups in total. The van der Waals surface area contributed by atoms with Crippen LogP contribution < -0.4 is 5.32 Å². The predicted octanol–water partition coefficient (Wildman–Crippen LogP) is -0.601. The summed E-state index contributed by atoms with van der Waals surface area (Å²) in [7, 11) is 1.13. The number of rotatable bonds is 5. The maximum atomic E-state index is 12.6. The minimum absolute atomic E-state index is 0.216. The van der Waals surface area contributed by atoms with Gasteiger partial charge in [0, 0.05) is 6.54 Å². The number of esters is 1. The molecule has 0 aromatic heterocycles. The molecule has 1 rings (SSSR count). The van der Waals surface area contributed by atoms with Crippen LogP contribution in [-0.2, 0) is 19.1 Å². The Kier molecular flexibility index (Phi) is 6.56. The molecule has 0 saturated carbocycles. The van der Waals surface area contributed by atoms with Crippen molar-refractivity contribution in [3.63, 3.8) is 0 Å². The molecule has 9 heteroatoms. The summed E-state index contributed by atoms with van der Waals surface area (Å²) in [6, 6.07) is -1.27. The molecular formula is C15H26N2O7. The number of aliphatic hydroxyl groups is 2. The molecular weight excluding hydrogens is 320 g/mol. The summed E-state index contributed by atoms with van der Waals surface area (Å²) in [4.78, 5) is 37.7. The van der Waals surface area contributed by atoms with E-state index in [0.717, 1.165) is 7.11 Å². The van der Waals surface area contributed by atoms with Gasteiger partial charge in [0.1, 0.15) is 11.1 Å². The van der Waals surface area contributed by atoms with Gasteiger partial charge in [0.2, 0.25) is 5.91 Å². The predicted molar refractivity (Wildman–Crippen MR) is 83.0 cm³/mol. The summed E-state index contributed by atoms with van der Waals surface area (Å²) in [6.07, 6.45) is -0.00817. The summed E-state index contributed by atoms with van der Waals surface area (Å²) in [5.41, 5.74) is -2.29. The third kappa shape index (κ3) is 4.35. The van der Waals surface area contributed by atoms with Crippen LogP contribution in [0.3, 0.4) is 0 Å². The van der Waals surface area contributed by atoms with Gasteiger partial charge in [-0.1, -0.05) is 0 Å². The van der Waals surface area contributed by atoms with Gasteiger partial charge in [0.05, 0.1) is 20.3 Å². The molecule has 1 aliphatic rings. The SMILES string of the molecule is COC(=O)[C@H](CO)NC(=O)C1(CO)CCCN1C(=O)OC(C)(C)C. The molecule has 1 fully saturated rings. The van der Waals surface area contributed by atoms with Crippen molar-refractivity contribution >= 4 is 18.0 Å². The fourth-order valence-corrected chi connectivity index (χ4v) is 2.55. The van der Waals surface area contributed by atoms with Crippen LogP contribution in [-0.4, -0.2) is 77.1 Å². The average Bonchev–Trinajstić information content (AvgIpc) is 2.95. The summed E-state index contributed by atoms with van der Waals surface area (Å²) in [5, 5.41) is 21.3. The molecule has 2 atom stereocenters. The van der Waals surface area contributed by atoms with Crippen LogP contribution in [0.5, 0.6) is 0 Å². The van der Waals surface area contributed by atoms with Gasteiger partial charge in [-0.05, 0) is 33.6 Å². The number of amides is 2. The molecule has 1 unspecified atom stereocenters. The van der Waals surface area contributed by atoms with Crippen molar-refractivity contribution in [3.8, 4) is 0 Å². The first-order valence-electron chi connectivity index (χ1n) is 7.72.